The van der Waals surface area contributed by atoms with Gasteiger partial charge in [0.05, 0.1) is 0 Å². The van der Waals surface area contributed by atoms with E-state index in [2.05, 4.69) is 35.9 Å². The van der Waals surface area contributed by atoms with Crippen LogP contribution in [0.4, 0.5) is 0 Å². The Bertz CT molecular complexity index is 385. The zero-order chi connectivity index (χ0) is 12.4. The molecule has 1 fully saturated rings. The summed E-state index contributed by atoms with van der Waals surface area (Å²) in [6.07, 6.45) is 0. The van der Waals surface area contributed by atoms with Gasteiger partial charge in [0.25, 0.3) is 0 Å². The molecule has 1 unspecified atom stereocenters. The lowest BCUT2D eigenvalue weighted by Crippen LogP contribution is -2.48. The Morgan fingerprint density at radius 1 is 1.24 bits per heavy atom. The van der Waals surface area contributed by atoms with Crippen molar-refractivity contribution in [2.24, 2.45) is 0 Å². The highest BCUT2D eigenvalue weighted by Crippen LogP contribution is 2.17. The van der Waals surface area contributed by atoms with E-state index in [1.165, 1.54) is 0 Å². The van der Waals surface area contributed by atoms with Crippen LogP contribution < -0.4 is 5.32 Å². The van der Waals surface area contributed by atoms with E-state index < -0.39 is 0 Å². The summed E-state index contributed by atoms with van der Waals surface area (Å²) < 4.78 is 2.12. The summed E-state index contributed by atoms with van der Waals surface area (Å²) in [5.41, 5.74) is 2.30. The molecule has 17 heavy (non-hydrogen) atoms. The lowest BCUT2D eigenvalue weighted by Gasteiger charge is -2.31. The highest BCUT2D eigenvalue weighted by molar-refractivity contribution is 5.80. The molecular weight excluding hydrogens is 214 g/mol. The molecule has 1 N–H and O–H groups in total. The van der Waals surface area contributed by atoms with Gasteiger partial charge in [-0.2, -0.15) is 0 Å². The molecule has 2 heterocycles. The fraction of sp³-hybridized carbons (Fsp3) is 0.615. The summed E-state index contributed by atoms with van der Waals surface area (Å²) in [5, 5.41) is 3.27. The fourth-order valence-electron chi connectivity index (χ4n) is 2.55. The minimum atomic E-state index is -0.0944. The van der Waals surface area contributed by atoms with Crippen molar-refractivity contribution in [3.8, 4) is 0 Å². The number of carbonyl (C=O) groups excluding carboxylic acids is 1. The molecule has 94 valence electrons. The van der Waals surface area contributed by atoms with Gasteiger partial charge in [-0.15, -0.1) is 0 Å². The van der Waals surface area contributed by atoms with Crippen molar-refractivity contribution < 1.29 is 4.79 Å². The smallest absolute Gasteiger partial charge is 0.245 e. The first-order valence-corrected chi connectivity index (χ1v) is 6.25. The summed E-state index contributed by atoms with van der Waals surface area (Å²) in [6.45, 7) is 9.54. The van der Waals surface area contributed by atoms with Crippen LogP contribution in [-0.4, -0.2) is 41.6 Å². The van der Waals surface area contributed by atoms with Crippen LogP contribution in [0.1, 0.15) is 24.4 Å². The van der Waals surface area contributed by atoms with E-state index in [1.807, 2.05) is 11.8 Å². The van der Waals surface area contributed by atoms with Crippen LogP contribution in [-0.2, 0) is 4.79 Å². The quantitative estimate of drug-likeness (QED) is 0.833. The van der Waals surface area contributed by atoms with Crippen LogP contribution in [0, 0.1) is 13.8 Å². The third kappa shape index (κ3) is 2.36. The Morgan fingerprint density at radius 2 is 1.76 bits per heavy atom. The van der Waals surface area contributed by atoms with Crippen molar-refractivity contribution in [1.82, 2.24) is 14.8 Å². The van der Waals surface area contributed by atoms with E-state index in [0.717, 1.165) is 37.6 Å². The molecule has 1 aliphatic heterocycles. The van der Waals surface area contributed by atoms with Crippen LogP contribution in [0.5, 0.6) is 0 Å². The number of piperazine rings is 1. The minimum Gasteiger partial charge on any atom is -0.338 e. The number of amides is 1. The molecule has 4 heteroatoms. The van der Waals surface area contributed by atoms with Gasteiger partial charge >= 0.3 is 0 Å². The molecule has 1 aromatic rings. The molecule has 2 rings (SSSR count). The van der Waals surface area contributed by atoms with Gasteiger partial charge in [-0.25, -0.2) is 0 Å². The first kappa shape index (κ1) is 12.2. The molecule has 0 spiro atoms. The highest BCUT2D eigenvalue weighted by atomic mass is 16.2. The molecule has 0 radical (unpaired) electrons. The van der Waals surface area contributed by atoms with E-state index in [0.29, 0.717) is 0 Å². The van der Waals surface area contributed by atoms with Gasteiger partial charge in [0, 0.05) is 37.6 Å². The first-order valence-electron chi connectivity index (χ1n) is 6.25. The first-order chi connectivity index (χ1) is 8.11. The standard InChI is InChI=1S/C13H21N3O/c1-10-4-5-11(2)16(10)12(3)13(17)15-8-6-14-7-9-15/h4-5,12,14H,6-9H2,1-3H3. The molecule has 1 saturated heterocycles. The normalized spacial score (nSPS) is 18.2. The van der Waals surface area contributed by atoms with Gasteiger partial charge < -0.3 is 14.8 Å². The predicted octanol–water partition coefficient (Wildman–Crippen LogP) is 1.10. The largest absolute Gasteiger partial charge is 0.338 e. The number of aromatic nitrogens is 1. The number of hydrogen-bond donors (Lipinski definition) is 1. The second-order valence-electron chi connectivity index (χ2n) is 4.74. The topological polar surface area (TPSA) is 37.3 Å². The lowest BCUT2D eigenvalue weighted by molar-refractivity contribution is -0.134. The number of hydrogen-bond acceptors (Lipinski definition) is 2. The van der Waals surface area contributed by atoms with Crippen molar-refractivity contribution in [2.75, 3.05) is 26.2 Å². The SMILES string of the molecule is Cc1ccc(C)n1C(C)C(=O)N1CCNCC1. The second kappa shape index (κ2) is 4.92. The van der Waals surface area contributed by atoms with Crippen molar-refractivity contribution in [3.63, 3.8) is 0 Å². The van der Waals surface area contributed by atoms with Crippen LogP contribution in [0.3, 0.4) is 0 Å². The maximum atomic E-state index is 12.4. The molecule has 0 aliphatic carbocycles. The summed E-state index contributed by atoms with van der Waals surface area (Å²) in [5.74, 6) is 0.230. The van der Waals surface area contributed by atoms with Crippen LogP contribution in [0.25, 0.3) is 0 Å². The van der Waals surface area contributed by atoms with E-state index in [1.54, 1.807) is 0 Å². The summed E-state index contributed by atoms with van der Waals surface area (Å²) in [4.78, 5) is 14.3. The van der Waals surface area contributed by atoms with Crippen molar-refractivity contribution in [3.05, 3.63) is 23.5 Å². The molecule has 0 bridgehead atoms. The summed E-state index contributed by atoms with van der Waals surface area (Å²) in [6, 6.07) is 4.04. The number of nitrogens with zero attached hydrogens (tertiary/aromatic N) is 2. The molecule has 1 aliphatic rings. The lowest BCUT2D eigenvalue weighted by atomic mass is 10.2. The highest BCUT2D eigenvalue weighted by Gasteiger charge is 2.24. The Balaban J connectivity index is 2.14. The van der Waals surface area contributed by atoms with Gasteiger partial charge in [-0.05, 0) is 32.9 Å². The van der Waals surface area contributed by atoms with Gasteiger partial charge in [0.15, 0.2) is 0 Å². The van der Waals surface area contributed by atoms with Crippen molar-refractivity contribution >= 4 is 5.91 Å². The van der Waals surface area contributed by atoms with E-state index in [4.69, 9.17) is 0 Å². The van der Waals surface area contributed by atoms with Crippen molar-refractivity contribution in [1.29, 1.82) is 0 Å². The van der Waals surface area contributed by atoms with Crippen LogP contribution in [0.15, 0.2) is 12.1 Å². The predicted molar refractivity (Wildman–Crippen MR) is 68.1 cm³/mol. The Labute approximate surface area is 103 Å². The molecule has 1 atom stereocenters. The zero-order valence-corrected chi connectivity index (χ0v) is 10.9. The maximum absolute atomic E-state index is 12.4. The molecule has 1 aromatic heterocycles. The van der Waals surface area contributed by atoms with Crippen LogP contribution >= 0.6 is 0 Å². The average Bonchev–Trinajstić information content (AvgIpc) is 2.68. The minimum absolute atomic E-state index is 0.0944. The number of carbonyl (C=O) groups is 1. The monoisotopic (exact) mass is 235 g/mol. The molecule has 1 amide bonds. The van der Waals surface area contributed by atoms with Gasteiger partial charge in [-0.3, -0.25) is 4.79 Å². The maximum Gasteiger partial charge on any atom is 0.245 e. The third-order valence-electron chi connectivity index (χ3n) is 3.50. The number of rotatable bonds is 2. The van der Waals surface area contributed by atoms with E-state index >= 15 is 0 Å². The number of aryl methyl sites for hydroxylation is 2. The Kier molecular flexibility index (Phi) is 3.52. The van der Waals surface area contributed by atoms with Crippen molar-refractivity contribution in [2.45, 2.75) is 26.8 Å². The Hall–Kier alpha value is -1.29. The third-order valence-corrected chi connectivity index (χ3v) is 3.50. The molecule has 4 nitrogen and oxygen atoms in total. The van der Waals surface area contributed by atoms with E-state index in [-0.39, 0.29) is 11.9 Å². The van der Waals surface area contributed by atoms with Gasteiger partial charge in [0.2, 0.25) is 5.91 Å². The summed E-state index contributed by atoms with van der Waals surface area (Å²) in [7, 11) is 0. The molecule has 0 aromatic carbocycles. The summed E-state index contributed by atoms with van der Waals surface area (Å²) >= 11 is 0. The Morgan fingerprint density at radius 3 is 2.29 bits per heavy atom. The average molecular weight is 235 g/mol. The van der Waals surface area contributed by atoms with Gasteiger partial charge in [-0.1, -0.05) is 0 Å². The number of nitrogens with one attached hydrogen (secondary N) is 1. The molecule has 0 saturated carbocycles. The van der Waals surface area contributed by atoms with E-state index in [9.17, 15) is 4.79 Å². The fourth-order valence-corrected chi connectivity index (χ4v) is 2.55. The zero-order valence-electron chi connectivity index (χ0n) is 10.9. The van der Waals surface area contributed by atoms with Crippen LogP contribution in [0.2, 0.25) is 0 Å². The van der Waals surface area contributed by atoms with Gasteiger partial charge in [0.1, 0.15) is 6.04 Å². The second-order valence-corrected chi connectivity index (χ2v) is 4.74. The molecular formula is C13H21N3O.